The number of carbonyl (C=O) groups is 1. The molecule has 0 spiro atoms. The molecule has 0 amide bonds. The number of nitrogens with zero attached hydrogens (tertiary/aromatic N) is 1. The molecule has 0 unspecified atom stereocenters. The minimum absolute atomic E-state index is 0.290. The second-order valence-electron chi connectivity index (χ2n) is 4.54. The Morgan fingerprint density at radius 2 is 2.11 bits per heavy atom. The quantitative estimate of drug-likeness (QED) is 0.797. The van der Waals surface area contributed by atoms with Crippen molar-refractivity contribution in [3.63, 3.8) is 0 Å². The highest BCUT2D eigenvalue weighted by Gasteiger charge is 2.22. The Bertz CT molecular complexity index is 442. The molecule has 0 radical (unpaired) electrons. The molecule has 98 valence electrons. The molecule has 1 aliphatic rings. The highest BCUT2D eigenvalue weighted by Crippen LogP contribution is 2.27. The summed E-state index contributed by atoms with van der Waals surface area (Å²) < 4.78 is 5.32. The summed E-state index contributed by atoms with van der Waals surface area (Å²) in [5.74, 6) is -0.927. The minimum Gasteiger partial charge on any atom is -0.478 e. The number of hydrogen-bond donors (Lipinski definition) is 2. The normalized spacial score (nSPS) is 16.5. The summed E-state index contributed by atoms with van der Waals surface area (Å²) in [5, 5.41) is 9.21. The molecule has 5 nitrogen and oxygen atoms in total. The maximum atomic E-state index is 11.2. The van der Waals surface area contributed by atoms with Gasteiger partial charge in [0.25, 0.3) is 0 Å². The second-order valence-corrected chi connectivity index (χ2v) is 4.54. The van der Waals surface area contributed by atoms with Crippen LogP contribution in [0.5, 0.6) is 0 Å². The van der Waals surface area contributed by atoms with E-state index in [4.69, 9.17) is 10.5 Å². The number of anilines is 2. The van der Waals surface area contributed by atoms with E-state index < -0.39 is 5.97 Å². The zero-order chi connectivity index (χ0) is 13.1. The van der Waals surface area contributed by atoms with Gasteiger partial charge >= 0.3 is 5.97 Å². The third-order valence-electron chi connectivity index (χ3n) is 3.37. The van der Waals surface area contributed by atoms with Crippen LogP contribution in [0.15, 0.2) is 18.2 Å². The van der Waals surface area contributed by atoms with Crippen molar-refractivity contribution in [2.24, 2.45) is 0 Å². The first-order valence-electron chi connectivity index (χ1n) is 6.03. The van der Waals surface area contributed by atoms with Gasteiger partial charge in [-0.25, -0.2) is 4.79 Å². The number of nitrogen functional groups attached to an aromatic ring is 1. The van der Waals surface area contributed by atoms with E-state index >= 15 is 0 Å². The van der Waals surface area contributed by atoms with E-state index in [1.54, 1.807) is 18.2 Å². The van der Waals surface area contributed by atoms with E-state index in [-0.39, 0.29) is 5.56 Å². The Morgan fingerprint density at radius 1 is 1.44 bits per heavy atom. The number of aromatic carboxylic acids is 1. The molecule has 0 aromatic heterocycles. The standard InChI is InChI=1S/C13H18N2O3/c1-15(10-4-6-18-7-5-10)12-8-9(14)2-3-11(12)13(16)17/h2-3,8,10H,4-7,14H2,1H3,(H,16,17). The average molecular weight is 250 g/mol. The van der Waals surface area contributed by atoms with Gasteiger partial charge < -0.3 is 20.5 Å². The van der Waals surface area contributed by atoms with E-state index in [2.05, 4.69) is 0 Å². The Morgan fingerprint density at radius 3 is 2.72 bits per heavy atom. The number of carboxylic acid groups (broad SMARTS) is 1. The Kier molecular flexibility index (Phi) is 3.72. The van der Waals surface area contributed by atoms with E-state index in [1.807, 2.05) is 11.9 Å². The molecule has 5 heteroatoms. The summed E-state index contributed by atoms with van der Waals surface area (Å²) in [4.78, 5) is 13.2. The van der Waals surface area contributed by atoms with Gasteiger partial charge in [0.2, 0.25) is 0 Å². The number of nitrogens with two attached hydrogens (primary N) is 1. The van der Waals surface area contributed by atoms with E-state index in [0.29, 0.717) is 17.4 Å². The van der Waals surface area contributed by atoms with Gasteiger partial charge in [-0.2, -0.15) is 0 Å². The third-order valence-corrected chi connectivity index (χ3v) is 3.37. The van der Waals surface area contributed by atoms with Gasteiger partial charge in [0.05, 0.1) is 11.3 Å². The van der Waals surface area contributed by atoms with Crippen molar-refractivity contribution in [1.82, 2.24) is 0 Å². The summed E-state index contributed by atoms with van der Waals surface area (Å²) in [5.41, 5.74) is 7.29. The van der Waals surface area contributed by atoms with E-state index in [0.717, 1.165) is 26.1 Å². The molecule has 1 saturated heterocycles. The summed E-state index contributed by atoms with van der Waals surface area (Å²) in [6, 6.07) is 5.20. The summed E-state index contributed by atoms with van der Waals surface area (Å²) in [6.45, 7) is 1.44. The summed E-state index contributed by atoms with van der Waals surface area (Å²) >= 11 is 0. The van der Waals surface area contributed by atoms with Crippen LogP contribution in [-0.2, 0) is 4.74 Å². The van der Waals surface area contributed by atoms with Crippen LogP contribution in [0.2, 0.25) is 0 Å². The molecule has 1 aromatic rings. The Hall–Kier alpha value is -1.75. The van der Waals surface area contributed by atoms with Crippen LogP contribution in [0.1, 0.15) is 23.2 Å². The first-order valence-corrected chi connectivity index (χ1v) is 6.03. The number of hydrogen-bond acceptors (Lipinski definition) is 4. The van der Waals surface area contributed by atoms with Crippen LogP contribution in [-0.4, -0.2) is 37.4 Å². The van der Waals surface area contributed by atoms with Crippen molar-refractivity contribution in [2.45, 2.75) is 18.9 Å². The predicted molar refractivity (Wildman–Crippen MR) is 70.1 cm³/mol. The van der Waals surface area contributed by atoms with Gasteiger partial charge in [0.1, 0.15) is 0 Å². The molecule has 1 aromatic carbocycles. The molecular weight excluding hydrogens is 232 g/mol. The zero-order valence-corrected chi connectivity index (χ0v) is 10.4. The monoisotopic (exact) mass is 250 g/mol. The second kappa shape index (κ2) is 5.27. The number of benzene rings is 1. The largest absolute Gasteiger partial charge is 0.478 e. The molecule has 0 aliphatic carbocycles. The molecule has 1 aliphatic heterocycles. The molecular formula is C13H18N2O3. The fourth-order valence-electron chi connectivity index (χ4n) is 2.29. The fourth-order valence-corrected chi connectivity index (χ4v) is 2.29. The average Bonchev–Trinajstić information content (AvgIpc) is 2.38. The van der Waals surface area contributed by atoms with Crippen LogP contribution in [0.25, 0.3) is 0 Å². The van der Waals surface area contributed by atoms with Crippen LogP contribution in [0.4, 0.5) is 11.4 Å². The van der Waals surface area contributed by atoms with Crippen LogP contribution in [0, 0.1) is 0 Å². The molecule has 1 heterocycles. The first kappa shape index (κ1) is 12.7. The van der Waals surface area contributed by atoms with Crippen molar-refractivity contribution < 1.29 is 14.6 Å². The topological polar surface area (TPSA) is 75.8 Å². The van der Waals surface area contributed by atoms with Crippen molar-refractivity contribution in [3.05, 3.63) is 23.8 Å². The molecule has 0 bridgehead atoms. The van der Waals surface area contributed by atoms with Gasteiger partial charge in [-0.15, -0.1) is 0 Å². The smallest absolute Gasteiger partial charge is 0.337 e. The lowest BCUT2D eigenvalue weighted by atomic mass is 10.0. The summed E-state index contributed by atoms with van der Waals surface area (Å²) in [6.07, 6.45) is 1.81. The number of carboxylic acids is 1. The van der Waals surface area contributed by atoms with Crippen molar-refractivity contribution >= 4 is 17.3 Å². The van der Waals surface area contributed by atoms with Gasteiger partial charge in [-0.1, -0.05) is 0 Å². The highest BCUT2D eigenvalue weighted by atomic mass is 16.5. The zero-order valence-electron chi connectivity index (χ0n) is 10.4. The highest BCUT2D eigenvalue weighted by molar-refractivity contribution is 5.95. The van der Waals surface area contributed by atoms with E-state index in [9.17, 15) is 9.90 Å². The lowest BCUT2D eigenvalue weighted by molar-refractivity contribution is 0.0696. The maximum Gasteiger partial charge on any atom is 0.337 e. The molecule has 18 heavy (non-hydrogen) atoms. The number of rotatable bonds is 3. The van der Waals surface area contributed by atoms with Gasteiger partial charge in [-0.3, -0.25) is 0 Å². The van der Waals surface area contributed by atoms with Crippen molar-refractivity contribution in [1.29, 1.82) is 0 Å². The van der Waals surface area contributed by atoms with Crippen molar-refractivity contribution in [3.8, 4) is 0 Å². The van der Waals surface area contributed by atoms with Crippen LogP contribution < -0.4 is 10.6 Å². The van der Waals surface area contributed by atoms with Crippen LogP contribution >= 0.6 is 0 Å². The maximum absolute atomic E-state index is 11.2. The first-order chi connectivity index (χ1) is 8.59. The van der Waals surface area contributed by atoms with E-state index in [1.165, 1.54) is 0 Å². The summed E-state index contributed by atoms with van der Waals surface area (Å²) in [7, 11) is 1.91. The van der Waals surface area contributed by atoms with Gasteiger partial charge in [0, 0.05) is 32.0 Å². The number of ether oxygens (including phenoxy) is 1. The SMILES string of the molecule is CN(c1cc(N)ccc1C(=O)O)C1CCOCC1. The lowest BCUT2D eigenvalue weighted by Crippen LogP contribution is -2.37. The molecule has 1 fully saturated rings. The Labute approximate surface area is 106 Å². The third kappa shape index (κ3) is 2.56. The minimum atomic E-state index is -0.927. The molecule has 3 N–H and O–H groups in total. The molecule has 2 rings (SSSR count). The van der Waals surface area contributed by atoms with Crippen molar-refractivity contribution in [2.75, 3.05) is 30.9 Å². The molecule has 0 saturated carbocycles. The molecule has 0 atom stereocenters. The fraction of sp³-hybridized carbons (Fsp3) is 0.462. The predicted octanol–water partition coefficient (Wildman–Crippen LogP) is 1.58. The Balaban J connectivity index is 2.30. The van der Waals surface area contributed by atoms with Crippen LogP contribution in [0.3, 0.4) is 0 Å². The lowest BCUT2D eigenvalue weighted by Gasteiger charge is -2.33. The van der Waals surface area contributed by atoms with Gasteiger partial charge in [-0.05, 0) is 31.0 Å². The van der Waals surface area contributed by atoms with Gasteiger partial charge in [0.15, 0.2) is 0 Å².